The van der Waals surface area contributed by atoms with Gasteiger partial charge in [-0.15, -0.1) is 0 Å². The molecule has 1 aromatic rings. The molecular weight excluding hydrogens is 347 g/mol. The number of alkyl halides is 3. The van der Waals surface area contributed by atoms with Crippen molar-refractivity contribution in [1.29, 1.82) is 0 Å². The van der Waals surface area contributed by atoms with E-state index < -0.39 is 17.2 Å². The zero-order valence-corrected chi connectivity index (χ0v) is 11.7. The lowest BCUT2D eigenvalue weighted by atomic mass is 10.1. The van der Waals surface area contributed by atoms with Gasteiger partial charge in [0.15, 0.2) is 0 Å². The SMILES string of the molecule is O=C1C(=O)N(CCSC(F)(F)F)c2cccc(Br)c21. The van der Waals surface area contributed by atoms with Gasteiger partial charge in [-0.25, -0.2) is 0 Å². The molecule has 0 fully saturated rings. The van der Waals surface area contributed by atoms with Crippen molar-refractivity contribution in [2.75, 3.05) is 17.2 Å². The first-order valence-electron chi connectivity index (χ1n) is 5.16. The Morgan fingerprint density at radius 2 is 1.95 bits per heavy atom. The fourth-order valence-corrected chi connectivity index (χ4v) is 2.82. The van der Waals surface area contributed by atoms with E-state index in [1.807, 2.05) is 0 Å². The number of carbonyl (C=O) groups excluding carboxylic acids is 2. The summed E-state index contributed by atoms with van der Waals surface area (Å²) >= 11 is 2.94. The average Bonchev–Trinajstić information content (AvgIpc) is 2.54. The number of hydrogen-bond acceptors (Lipinski definition) is 3. The van der Waals surface area contributed by atoms with E-state index in [9.17, 15) is 22.8 Å². The Morgan fingerprint density at radius 1 is 1.26 bits per heavy atom. The maximum absolute atomic E-state index is 12.0. The third kappa shape index (κ3) is 2.94. The number of carbonyl (C=O) groups is 2. The van der Waals surface area contributed by atoms with Crippen LogP contribution in [0.3, 0.4) is 0 Å². The number of amides is 1. The molecule has 19 heavy (non-hydrogen) atoms. The monoisotopic (exact) mass is 353 g/mol. The van der Waals surface area contributed by atoms with Gasteiger partial charge in [0.25, 0.3) is 11.7 Å². The van der Waals surface area contributed by atoms with Gasteiger partial charge in [-0.1, -0.05) is 6.07 Å². The van der Waals surface area contributed by atoms with Crippen LogP contribution in [0, 0.1) is 0 Å². The molecule has 0 saturated carbocycles. The third-order valence-corrected chi connectivity index (χ3v) is 3.90. The highest BCUT2D eigenvalue weighted by Gasteiger charge is 2.37. The van der Waals surface area contributed by atoms with Crippen LogP contribution in [0.25, 0.3) is 0 Å². The van der Waals surface area contributed by atoms with Crippen LogP contribution in [0.1, 0.15) is 10.4 Å². The number of Topliss-reactive ketones (excluding diaryl/α,β-unsaturated/α-hetero) is 1. The van der Waals surface area contributed by atoms with Gasteiger partial charge in [0.05, 0.1) is 11.3 Å². The van der Waals surface area contributed by atoms with Crippen LogP contribution >= 0.6 is 27.7 Å². The minimum atomic E-state index is -4.34. The Balaban J connectivity index is 2.18. The Kier molecular flexibility index (Phi) is 3.91. The van der Waals surface area contributed by atoms with Crippen LogP contribution in [-0.4, -0.2) is 29.5 Å². The minimum absolute atomic E-state index is 0.155. The number of anilines is 1. The van der Waals surface area contributed by atoms with Gasteiger partial charge in [0.1, 0.15) is 0 Å². The lowest BCUT2D eigenvalue weighted by Crippen LogP contribution is -2.32. The van der Waals surface area contributed by atoms with Crippen molar-refractivity contribution in [1.82, 2.24) is 0 Å². The van der Waals surface area contributed by atoms with Crippen LogP contribution in [-0.2, 0) is 4.79 Å². The molecule has 3 nitrogen and oxygen atoms in total. The summed E-state index contributed by atoms with van der Waals surface area (Å²) in [5, 5.41) is 0. The largest absolute Gasteiger partial charge is 0.441 e. The molecular formula is C11H7BrF3NO2S. The first kappa shape index (κ1) is 14.4. The highest BCUT2D eigenvalue weighted by Crippen LogP contribution is 2.35. The van der Waals surface area contributed by atoms with Gasteiger partial charge in [0.2, 0.25) is 0 Å². The molecule has 1 heterocycles. The van der Waals surface area contributed by atoms with Gasteiger partial charge >= 0.3 is 5.51 Å². The summed E-state index contributed by atoms with van der Waals surface area (Å²) in [6.07, 6.45) is 0. The van der Waals surface area contributed by atoms with Crippen LogP contribution in [0.5, 0.6) is 0 Å². The van der Waals surface area contributed by atoms with Crippen molar-refractivity contribution in [2.24, 2.45) is 0 Å². The number of fused-ring (bicyclic) bond motifs is 1. The predicted molar refractivity (Wildman–Crippen MR) is 69.3 cm³/mol. The Labute approximate surface area is 119 Å². The fraction of sp³-hybridized carbons (Fsp3) is 0.273. The summed E-state index contributed by atoms with van der Waals surface area (Å²) in [6, 6.07) is 4.78. The lowest BCUT2D eigenvalue weighted by molar-refractivity contribution is -0.114. The van der Waals surface area contributed by atoms with Crippen LogP contribution in [0.15, 0.2) is 22.7 Å². The van der Waals surface area contributed by atoms with Crippen molar-refractivity contribution in [3.05, 3.63) is 28.2 Å². The normalized spacial score (nSPS) is 15.1. The van der Waals surface area contributed by atoms with Crippen LogP contribution in [0.4, 0.5) is 18.9 Å². The minimum Gasteiger partial charge on any atom is -0.304 e. The lowest BCUT2D eigenvalue weighted by Gasteiger charge is -2.16. The second-order valence-electron chi connectivity index (χ2n) is 3.71. The van der Waals surface area contributed by atoms with E-state index in [0.29, 0.717) is 10.2 Å². The number of nitrogens with zero attached hydrogens (tertiary/aromatic N) is 1. The zero-order valence-electron chi connectivity index (χ0n) is 9.33. The maximum atomic E-state index is 12.0. The van der Waals surface area contributed by atoms with Crippen molar-refractivity contribution in [2.45, 2.75) is 5.51 Å². The quantitative estimate of drug-likeness (QED) is 0.783. The molecule has 1 aromatic carbocycles. The van der Waals surface area contributed by atoms with Gasteiger partial charge in [-0.2, -0.15) is 13.2 Å². The van der Waals surface area contributed by atoms with Crippen molar-refractivity contribution in [3.63, 3.8) is 0 Å². The van der Waals surface area contributed by atoms with E-state index in [1.54, 1.807) is 18.2 Å². The second kappa shape index (κ2) is 5.16. The van der Waals surface area contributed by atoms with E-state index in [2.05, 4.69) is 15.9 Å². The number of rotatable bonds is 3. The zero-order chi connectivity index (χ0) is 14.2. The molecule has 0 saturated heterocycles. The highest BCUT2D eigenvalue weighted by atomic mass is 79.9. The summed E-state index contributed by atoms with van der Waals surface area (Å²) in [5.74, 6) is -1.79. The van der Waals surface area contributed by atoms with E-state index in [0.717, 1.165) is 4.90 Å². The van der Waals surface area contributed by atoms with E-state index in [1.165, 1.54) is 0 Å². The summed E-state index contributed by atoms with van der Waals surface area (Å²) in [7, 11) is 0. The number of benzene rings is 1. The Hall–Kier alpha value is -1.02. The van der Waals surface area contributed by atoms with E-state index in [4.69, 9.17) is 0 Å². The van der Waals surface area contributed by atoms with Gasteiger partial charge in [-0.05, 0) is 39.8 Å². The molecule has 102 valence electrons. The molecule has 0 N–H and O–H groups in total. The molecule has 0 atom stereocenters. The number of halogens is 4. The highest BCUT2D eigenvalue weighted by molar-refractivity contribution is 9.10. The molecule has 1 aliphatic heterocycles. The van der Waals surface area contributed by atoms with Crippen LogP contribution in [0.2, 0.25) is 0 Å². The number of hydrogen-bond donors (Lipinski definition) is 0. The molecule has 1 aliphatic rings. The second-order valence-corrected chi connectivity index (χ2v) is 5.73. The molecule has 0 aromatic heterocycles. The first-order valence-corrected chi connectivity index (χ1v) is 6.94. The smallest absolute Gasteiger partial charge is 0.304 e. The average molecular weight is 354 g/mol. The van der Waals surface area contributed by atoms with Gasteiger partial charge < -0.3 is 4.90 Å². The molecule has 8 heteroatoms. The third-order valence-electron chi connectivity index (χ3n) is 2.53. The summed E-state index contributed by atoms with van der Waals surface area (Å²) in [6.45, 7) is -0.155. The van der Waals surface area contributed by atoms with Crippen molar-refractivity contribution < 1.29 is 22.8 Å². The number of ketones is 1. The predicted octanol–water partition coefficient (Wildman–Crippen LogP) is 3.23. The van der Waals surface area contributed by atoms with E-state index in [-0.39, 0.29) is 29.6 Å². The summed E-state index contributed by atoms with van der Waals surface area (Å²) in [4.78, 5) is 24.6. The molecule has 0 spiro atoms. The topological polar surface area (TPSA) is 37.4 Å². The van der Waals surface area contributed by atoms with Crippen molar-refractivity contribution >= 4 is 45.1 Å². The summed E-state index contributed by atoms with van der Waals surface area (Å²) in [5.41, 5.74) is -3.77. The maximum Gasteiger partial charge on any atom is 0.441 e. The van der Waals surface area contributed by atoms with Crippen molar-refractivity contribution in [3.8, 4) is 0 Å². The summed E-state index contributed by atoms with van der Waals surface area (Å²) < 4.78 is 36.6. The molecule has 1 amide bonds. The van der Waals surface area contributed by atoms with E-state index >= 15 is 0 Å². The van der Waals surface area contributed by atoms with Gasteiger partial charge in [-0.3, -0.25) is 9.59 Å². The first-order chi connectivity index (χ1) is 8.81. The Bertz CT molecular complexity index is 547. The van der Waals surface area contributed by atoms with Gasteiger partial charge in [0, 0.05) is 16.8 Å². The van der Waals surface area contributed by atoms with Crippen LogP contribution < -0.4 is 4.90 Å². The molecule has 2 rings (SSSR count). The molecule has 0 radical (unpaired) electrons. The fourth-order valence-electron chi connectivity index (χ4n) is 1.78. The molecule has 0 unspecified atom stereocenters. The number of thioether (sulfide) groups is 1. The molecule has 0 aliphatic carbocycles. The Morgan fingerprint density at radius 3 is 2.58 bits per heavy atom. The standard InChI is InChI=1S/C11H7BrF3NO2S/c12-6-2-1-3-7-8(6)9(17)10(18)16(7)4-5-19-11(13,14)15/h1-3H,4-5H2. The molecule has 0 bridgehead atoms.